The number of carbonyl (C=O) groups is 1. The summed E-state index contributed by atoms with van der Waals surface area (Å²) in [5, 5.41) is 9.32. The second-order valence-electron chi connectivity index (χ2n) is 6.15. The fourth-order valence-electron chi connectivity index (χ4n) is 2.69. The minimum atomic E-state index is -0.301. The second kappa shape index (κ2) is 8.05. The fraction of sp³-hybridized carbons (Fsp3) is 0.150. The molecule has 7 heteroatoms. The number of nitrogens with zero attached hydrogens (tertiary/aromatic N) is 3. The summed E-state index contributed by atoms with van der Waals surface area (Å²) in [6, 6.07) is 14.3. The molecule has 0 spiro atoms. The number of benzene rings is 2. The van der Waals surface area contributed by atoms with Crippen molar-refractivity contribution < 1.29 is 4.79 Å². The summed E-state index contributed by atoms with van der Waals surface area (Å²) in [4.78, 5) is 12.1. The van der Waals surface area contributed by atoms with E-state index in [9.17, 15) is 4.79 Å². The molecule has 0 fully saturated rings. The Morgan fingerprint density at radius 2 is 1.93 bits per heavy atom. The molecule has 1 heterocycles. The Bertz CT molecular complexity index is 992. The van der Waals surface area contributed by atoms with Crippen LogP contribution in [-0.2, 0) is 6.54 Å². The second-order valence-corrected chi connectivity index (χ2v) is 6.56. The van der Waals surface area contributed by atoms with Crippen LogP contribution in [-0.4, -0.2) is 21.9 Å². The molecule has 6 nitrogen and oxygen atoms in total. The van der Waals surface area contributed by atoms with Crippen molar-refractivity contribution in [1.29, 1.82) is 0 Å². The Morgan fingerprint density at radius 3 is 2.63 bits per heavy atom. The predicted octanol–water partition coefficient (Wildman–Crippen LogP) is 3.55. The van der Waals surface area contributed by atoms with Gasteiger partial charge in [0.1, 0.15) is 0 Å². The van der Waals surface area contributed by atoms with E-state index < -0.39 is 0 Å². The van der Waals surface area contributed by atoms with Crippen molar-refractivity contribution in [3.8, 4) is 0 Å². The third-order valence-corrected chi connectivity index (χ3v) is 4.62. The van der Waals surface area contributed by atoms with Crippen molar-refractivity contribution in [3.05, 3.63) is 81.6 Å². The molecular formula is C20H20ClN5O. The Labute approximate surface area is 162 Å². The number of amides is 1. The number of anilines is 1. The van der Waals surface area contributed by atoms with Gasteiger partial charge in [0, 0.05) is 27.5 Å². The van der Waals surface area contributed by atoms with E-state index in [2.05, 4.69) is 15.6 Å². The van der Waals surface area contributed by atoms with Crippen LogP contribution < -0.4 is 11.2 Å². The Kier molecular flexibility index (Phi) is 5.57. The number of halogens is 1. The first-order valence-electron chi connectivity index (χ1n) is 8.42. The molecule has 3 rings (SSSR count). The number of aromatic nitrogens is 2. The van der Waals surface area contributed by atoms with Crippen LogP contribution in [0.1, 0.15) is 32.9 Å². The first-order chi connectivity index (χ1) is 13.0. The zero-order valence-electron chi connectivity index (χ0n) is 15.1. The van der Waals surface area contributed by atoms with Gasteiger partial charge in [-0.05, 0) is 49.7 Å². The van der Waals surface area contributed by atoms with Crippen molar-refractivity contribution in [2.45, 2.75) is 20.4 Å². The number of hydrogen-bond acceptors (Lipinski definition) is 4. The lowest BCUT2D eigenvalue weighted by Crippen LogP contribution is -2.17. The minimum Gasteiger partial charge on any atom is -0.399 e. The normalized spacial score (nSPS) is 11.1. The molecule has 0 bridgehead atoms. The van der Waals surface area contributed by atoms with E-state index in [-0.39, 0.29) is 5.91 Å². The summed E-state index contributed by atoms with van der Waals surface area (Å²) >= 11 is 6.24. The number of hydrazone groups is 1. The van der Waals surface area contributed by atoms with E-state index in [1.807, 2.05) is 42.8 Å². The van der Waals surface area contributed by atoms with Gasteiger partial charge in [-0.1, -0.05) is 29.8 Å². The monoisotopic (exact) mass is 381 g/mol. The molecule has 1 aromatic heterocycles. The number of aryl methyl sites for hydroxylation is 1. The van der Waals surface area contributed by atoms with E-state index in [0.29, 0.717) is 22.8 Å². The zero-order valence-corrected chi connectivity index (χ0v) is 15.9. The number of nitrogens with two attached hydrogens (primary N) is 1. The van der Waals surface area contributed by atoms with Crippen LogP contribution in [0, 0.1) is 13.8 Å². The molecule has 0 saturated carbocycles. The summed E-state index contributed by atoms with van der Waals surface area (Å²) < 4.78 is 1.87. The van der Waals surface area contributed by atoms with Gasteiger partial charge in [0.2, 0.25) is 0 Å². The van der Waals surface area contributed by atoms with Crippen molar-refractivity contribution >= 4 is 29.4 Å². The molecule has 0 atom stereocenters. The first-order valence-corrected chi connectivity index (χ1v) is 8.80. The minimum absolute atomic E-state index is 0.301. The molecule has 0 aliphatic carbocycles. The van der Waals surface area contributed by atoms with Crippen LogP contribution >= 0.6 is 11.6 Å². The van der Waals surface area contributed by atoms with Crippen LogP contribution in [0.2, 0.25) is 5.02 Å². The maximum atomic E-state index is 12.1. The van der Waals surface area contributed by atoms with Gasteiger partial charge in [-0.15, -0.1) is 0 Å². The predicted molar refractivity (Wildman–Crippen MR) is 108 cm³/mol. The number of rotatable bonds is 5. The van der Waals surface area contributed by atoms with E-state index >= 15 is 0 Å². The highest BCUT2D eigenvalue weighted by atomic mass is 35.5. The summed E-state index contributed by atoms with van der Waals surface area (Å²) in [5.41, 5.74) is 12.9. The highest BCUT2D eigenvalue weighted by Gasteiger charge is 2.11. The van der Waals surface area contributed by atoms with Crippen LogP contribution in [0.4, 0.5) is 5.69 Å². The number of hydrogen-bond donors (Lipinski definition) is 2. The maximum Gasteiger partial charge on any atom is 0.271 e. The van der Waals surface area contributed by atoms with Gasteiger partial charge in [0.05, 0.1) is 18.5 Å². The van der Waals surface area contributed by atoms with Crippen molar-refractivity contribution in [2.24, 2.45) is 5.10 Å². The van der Waals surface area contributed by atoms with Crippen LogP contribution in [0.3, 0.4) is 0 Å². The number of nitrogens with one attached hydrogen (secondary N) is 1. The van der Waals surface area contributed by atoms with Crippen molar-refractivity contribution in [3.63, 3.8) is 0 Å². The van der Waals surface area contributed by atoms with Gasteiger partial charge >= 0.3 is 0 Å². The lowest BCUT2D eigenvalue weighted by molar-refractivity contribution is 0.0955. The Hall–Kier alpha value is -3.12. The summed E-state index contributed by atoms with van der Waals surface area (Å²) in [6.45, 7) is 4.43. The lowest BCUT2D eigenvalue weighted by atomic mass is 10.2. The van der Waals surface area contributed by atoms with Gasteiger partial charge in [-0.2, -0.15) is 10.2 Å². The van der Waals surface area contributed by atoms with Crippen LogP contribution in [0.5, 0.6) is 0 Å². The lowest BCUT2D eigenvalue weighted by Gasteiger charge is -2.06. The summed E-state index contributed by atoms with van der Waals surface area (Å²) in [7, 11) is 0. The smallest absolute Gasteiger partial charge is 0.271 e. The quantitative estimate of drug-likeness (QED) is 0.402. The molecule has 3 aromatic rings. The van der Waals surface area contributed by atoms with Crippen LogP contribution in [0.25, 0.3) is 0 Å². The van der Waals surface area contributed by atoms with Gasteiger partial charge in [-0.25, -0.2) is 5.43 Å². The van der Waals surface area contributed by atoms with E-state index in [1.54, 1.807) is 30.5 Å². The van der Waals surface area contributed by atoms with Gasteiger partial charge in [0.15, 0.2) is 0 Å². The molecule has 27 heavy (non-hydrogen) atoms. The standard InChI is InChI=1S/C20H20ClN5O/c1-13-18(11-23-24-20(27)15-7-9-17(22)10-8-15)14(2)26(25-13)12-16-5-3-4-6-19(16)21/h3-11H,12,22H2,1-2H3,(H,24,27)/b23-11-. The highest BCUT2D eigenvalue weighted by Crippen LogP contribution is 2.18. The third kappa shape index (κ3) is 4.35. The Morgan fingerprint density at radius 1 is 1.22 bits per heavy atom. The average molecular weight is 382 g/mol. The molecule has 3 N–H and O–H groups in total. The van der Waals surface area contributed by atoms with Gasteiger partial charge in [0.25, 0.3) is 5.91 Å². The molecule has 0 radical (unpaired) electrons. The van der Waals surface area contributed by atoms with Crippen molar-refractivity contribution in [2.75, 3.05) is 5.73 Å². The molecule has 138 valence electrons. The molecule has 1 amide bonds. The van der Waals surface area contributed by atoms with Crippen LogP contribution in [0.15, 0.2) is 53.6 Å². The summed E-state index contributed by atoms with van der Waals surface area (Å²) in [5.74, 6) is -0.301. The SMILES string of the molecule is Cc1nn(Cc2ccccc2Cl)c(C)c1/C=N\NC(=O)c1ccc(N)cc1. The molecule has 0 aliphatic rings. The highest BCUT2D eigenvalue weighted by molar-refractivity contribution is 6.31. The molecule has 0 aliphatic heterocycles. The molecule has 0 saturated heterocycles. The van der Waals surface area contributed by atoms with E-state index in [4.69, 9.17) is 17.3 Å². The van der Waals surface area contributed by atoms with Crippen molar-refractivity contribution in [1.82, 2.24) is 15.2 Å². The summed E-state index contributed by atoms with van der Waals surface area (Å²) in [6.07, 6.45) is 1.61. The van der Waals surface area contributed by atoms with Gasteiger partial charge < -0.3 is 5.73 Å². The maximum absolute atomic E-state index is 12.1. The average Bonchev–Trinajstić information content (AvgIpc) is 2.91. The molecule has 2 aromatic carbocycles. The van der Waals surface area contributed by atoms with E-state index in [0.717, 1.165) is 22.5 Å². The van der Waals surface area contributed by atoms with E-state index in [1.165, 1.54) is 0 Å². The number of carbonyl (C=O) groups excluding carboxylic acids is 1. The number of nitrogen functional groups attached to an aromatic ring is 1. The zero-order chi connectivity index (χ0) is 19.4. The molecular weight excluding hydrogens is 362 g/mol. The van der Waals surface area contributed by atoms with Gasteiger partial charge in [-0.3, -0.25) is 9.48 Å². The first kappa shape index (κ1) is 18.7. The third-order valence-electron chi connectivity index (χ3n) is 4.25. The fourth-order valence-corrected chi connectivity index (χ4v) is 2.89. The largest absolute Gasteiger partial charge is 0.399 e. The topological polar surface area (TPSA) is 85.3 Å². The molecule has 0 unspecified atom stereocenters. The Balaban J connectivity index is 1.72.